The molecular formula is C11H21NO4S. The maximum Gasteiger partial charge on any atom is 0.216 e. The molecule has 0 spiro atoms. The van der Waals surface area contributed by atoms with Gasteiger partial charge in [0.25, 0.3) is 0 Å². The largest absolute Gasteiger partial charge is 0.391 e. The van der Waals surface area contributed by atoms with E-state index in [1.807, 2.05) is 6.92 Å². The van der Waals surface area contributed by atoms with Gasteiger partial charge in [-0.25, -0.2) is 8.42 Å². The Morgan fingerprint density at radius 1 is 1.41 bits per heavy atom. The normalized spacial score (nSPS) is 36.2. The van der Waals surface area contributed by atoms with Gasteiger partial charge in [0.15, 0.2) is 0 Å². The quantitative estimate of drug-likeness (QED) is 0.790. The van der Waals surface area contributed by atoms with E-state index in [0.717, 1.165) is 19.3 Å². The van der Waals surface area contributed by atoms with E-state index in [4.69, 9.17) is 4.74 Å². The Bertz CT molecular complexity index is 350. The third-order valence-electron chi connectivity index (χ3n) is 3.70. The zero-order valence-electron chi connectivity index (χ0n) is 10.2. The topological polar surface area (TPSA) is 66.8 Å². The number of aliphatic hydroxyl groups excluding tert-OH is 1. The first kappa shape index (κ1) is 13.3. The molecule has 2 aliphatic heterocycles. The monoisotopic (exact) mass is 263 g/mol. The molecule has 100 valence electrons. The highest BCUT2D eigenvalue weighted by Gasteiger charge is 2.34. The second-order valence-corrected chi connectivity index (χ2v) is 7.12. The van der Waals surface area contributed by atoms with Crippen LogP contribution in [0.5, 0.6) is 0 Å². The maximum atomic E-state index is 12.1. The van der Waals surface area contributed by atoms with Gasteiger partial charge in [-0.1, -0.05) is 6.92 Å². The molecular weight excluding hydrogens is 242 g/mol. The number of piperidine rings is 1. The van der Waals surface area contributed by atoms with E-state index in [1.165, 1.54) is 4.31 Å². The second-order valence-electron chi connectivity index (χ2n) is 5.10. The lowest BCUT2D eigenvalue weighted by Crippen LogP contribution is -2.47. The van der Waals surface area contributed by atoms with Gasteiger partial charge in [0.2, 0.25) is 10.0 Å². The summed E-state index contributed by atoms with van der Waals surface area (Å²) in [6.45, 7) is 3.37. The number of hydrogen-bond acceptors (Lipinski definition) is 4. The lowest BCUT2D eigenvalue weighted by molar-refractivity contribution is 0.0595. The fourth-order valence-corrected chi connectivity index (χ4v) is 4.10. The van der Waals surface area contributed by atoms with E-state index in [-0.39, 0.29) is 24.3 Å². The van der Waals surface area contributed by atoms with Crippen LogP contribution in [-0.2, 0) is 14.8 Å². The summed E-state index contributed by atoms with van der Waals surface area (Å²) >= 11 is 0. The number of rotatable bonds is 3. The summed E-state index contributed by atoms with van der Waals surface area (Å²) in [4.78, 5) is 0. The molecule has 2 saturated heterocycles. The molecule has 3 atom stereocenters. The van der Waals surface area contributed by atoms with Crippen molar-refractivity contribution in [3.05, 3.63) is 0 Å². The second kappa shape index (κ2) is 5.22. The summed E-state index contributed by atoms with van der Waals surface area (Å²) in [6, 6.07) is 0. The average molecular weight is 263 g/mol. The van der Waals surface area contributed by atoms with Crippen LogP contribution in [0.15, 0.2) is 0 Å². The lowest BCUT2D eigenvalue weighted by atomic mass is 9.98. The molecule has 0 amide bonds. The first-order valence-electron chi connectivity index (χ1n) is 6.26. The van der Waals surface area contributed by atoms with Gasteiger partial charge in [-0.05, 0) is 25.2 Å². The molecule has 0 aromatic heterocycles. The summed E-state index contributed by atoms with van der Waals surface area (Å²) in [7, 11) is -3.27. The minimum absolute atomic E-state index is 0.0636. The van der Waals surface area contributed by atoms with E-state index < -0.39 is 16.1 Å². The molecule has 0 aromatic carbocycles. The van der Waals surface area contributed by atoms with E-state index in [0.29, 0.717) is 13.2 Å². The minimum Gasteiger partial charge on any atom is -0.391 e. The number of sulfonamides is 1. The van der Waals surface area contributed by atoms with Crippen molar-refractivity contribution in [3.63, 3.8) is 0 Å². The third kappa shape index (κ3) is 3.19. The van der Waals surface area contributed by atoms with Crippen LogP contribution < -0.4 is 0 Å². The molecule has 0 radical (unpaired) electrons. The van der Waals surface area contributed by atoms with Gasteiger partial charge in [0.05, 0.1) is 18.0 Å². The molecule has 6 heteroatoms. The molecule has 0 saturated carbocycles. The highest BCUT2D eigenvalue weighted by Crippen LogP contribution is 2.22. The summed E-state index contributed by atoms with van der Waals surface area (Å²) in [5.74, 6) is 0.248. The van der Waals surface area contributed by atoms with Crippen molar-refractivity contribution in [2.45, 2.75) is 38.4 Å². The van der Waals surface area contributed by atoms with Crippen LogP contribution in [0.25, 0.3) is 0 Å². The van der Waals surface area contributed by atoms with Gasteiger partial charge >= 0.3 is 0 Å². The standard InChI is InChI=1S/C11H21NO4S/c1-9-4-5-12(7-11(9)13)17(14,15)8-10-3-2-6-16-10/h9-11,13H,2-8H2,1H3. The predicted octanol–water partition coefficient (Wildman–Crippen LogP) is 0.198. The Kier molecular flexibility index (Phi) is 4.07. The highest BCUT2D eigenvalue weighted by atomic mass is 32.2. The minimum atomic E-state index is -3.27. The van der Waals surface area contributed by atoms with Crippen LogP contribution in [0.4, 0.5) is 0 Å². The van der Waals surface area contributed by atoms with Gasteiger partial charge in [-0.3, -0.25) is 0 Å². The Hall–Kier alpha value is -0.170. The molecule has 0 aliphatic carbocycles. The van der Waals surface area contributed by atoms with Crippen molar-refractivity contribution in [1.82, 2.24) is 4.31 Å². The van der Waals surface area contributed by atoms with Crippen molar-refractivity contribution < 1.29 is 18.3 Å². The van der Waals surface area contributed by atoms with Crippen LogP contribution >= 0.6 is 0 Å². The molecule has 0 bridgehead atoms. The molecule has 17 heavy (non-hydrogen) atoms. The van der Waals surface area contributed by atoms with E-state index in [2.05, 4.69) is 0 Å². The van der Waals surface area contributed by atoms with E-state index in [1.54, 1.807) is 0 Å². The van der Waals surface area contributed by atoms with Gasteiger partial charge in [0, 0.05) is 19.7 Å². The molecule has 3 unspecified atom stereocenters. The number of hydrogen-bond donors (Lipinski definition) is 1. The van der Waals surface area contributed by atoms with Crippen LogP contribution in [0.1, 0.15) is 26.2 Å². The zero-order valence-corrected chi connectivity index (χ0v) is 11.0. The van der Waals surface area contributed by atoms with Crippen LogP contribution in [0.3, 0.4) is 0 Å². The highest BCUT2D eigenvalue weighted by molar-refractivity contribution is 7.89. The molecule has 0 aromatic rings. The zero-order chi connectivity index (χ0) is 12.5. The van der Waals surface area contributed by atoms with Crippen molar-refractivity contribution >= 4 is 10.0 Å². The number of β-amino-alcohol motifs (C(OH)–C–C–N with tert-alkyl or cyclic N) is 1. The maximum absolute atomic E-state index is 12.1. The number of nitrogens with zero attached hydrogens (tertiary/aromatic N) is 1. The summed E-state index contributed by atoms with van der Waals surface area (Å²) in [5.41, 5.74) is 0. The van der Waals surface area contributed by atoms with Crippen LogP contribution in [0, 0.1) is 5.92 Å². The van der Waals surface area contributed by atoms with E-state index >= 15 is 0 Å². The molecule has 2 heterocycles. The van der Waals surface area contributed by atoms with Gasteiger partial charge in [0.1, 0.15) is 0 Å². The number of aliphatic hydroxyl groups is 1. The predicted molar refractivity (Wildman–Crippen MR) is 64.1 cm³/mol. The fourth-order valence-electron chi connectivity index (χ4n) is 2.39. The Morgan fingerprint density at radius 3 is 2.76 bits per heavy atom. The first-order chi connectivity index (χ1) is 7.99. The summed E-state index contributed by atoms with van der Waals surface area (Å²) < 4.78 is 31.0. The Labute approximate surface area is 103 Å². The summed E-state index contributed by atoms with van der Waals surface area (Å²) in [5, 5.41) is 9.73. The van der Waals surface area contributed by atoms with Crippen LogP contribution in [0.2, 0.25) is 0 Å². The average Bonchev–Trinajstić information content (AvgIpc) is 2.73. The lowest BCUT2D eigenvalue weighted by Gasteiger charge is -2.33. The van der Waals surface area contributed by atoms with Crippen molar-refractivity contribution in [3.8, 4) is 0 Å². The molecule has 2 aliphatic rings. The van der Waals surface area contributed by atoms with Gasteiger partial charge in [-0.2, -0.15) is 4.31 Å². The SMILES string of the molecule is CC1CCN(S(=O)(=O)CC2CCCO2)CC1O. The fraction of sp³-hybridized carbons (Fsp3) is 1.00. The third-order valence-corrected chi connectivity index (χ3v) is 5.61. The van der Waals surface area contributed by atoms with Crippen molar-refractivity contribution in [2.75, 3.05) is 25.4 Å². The van der Waals surface area contributed by atoms with Crippen molar-refractivity contribution in [2.24, 2.45) is 5.92 Å². The molecule has 2 rings (SSSR count). The Balaban J connectivity index is 1.95. The molecule has 5 nitrogen and oxygen atoms in total. The Morgan fingerprint density at radius 2 is 2.18 bits per heavy atom. The smallest absolute Gasteiger partial charge is 0.216 e. The molecule has 1 N–H and O–H groups in total. The van der Waals surface area contributed by atoms with E-state index in [9.17, 15) is 13.5 Å². The van der Waals surface area contributed by atoms with Gasteiger partial charge < -0.3 is 9.84 Å². The number of ether oxygens (including phenoxy) is 1. The van der Waals surface area contributed by atoms with Gasteiger partial charge in [-0.15, -0.1) is 0 Å². The first-order valence-corrected chi connectivity index (χ1v) is 7.87. The van der Waals surface area contributed by atoms with Crippen molar-refractivity contribution in [1.29, 1.82) is 0 Å². The summed E-state index contributed by atoms with van der Waals surface area (Å²) in [6.07, 6.45) is 1.80. The van der Waals surface area contributed by atoms with Crippen LogP contribution in [-0.4, -0.2) is 55.5 Å². The molecule has 2 fully saturated rings.